The average Bonchev–Trinajstić information content (AvgIpc) is 3.12. The molecule has 122 valence electrons. The summed E-state index contributed by atoms with van der Waals surface area (Å²) < 4.78 is 0. The van der Waals surface area contributed by atoms with Gasteiger partial charge in [0.15, 0.2) is 5.78 Å². The minimum atomic E-state index is 0.0965. The molecule has 2 aromatic rings. The Morgan fingerprint density at radius 3 is 2.54 bits per heavy atom. The number of thiophene rings is 1. The third kappa shape index (κ3) is 2.53. The van der Waals surface area contributed by atoms with Crippen LogP contribution in [0.1, 0.15) is 49.0 Å². The lowest BCUT2D eigenvalue weighted by Crippen LogP contribution is -2.33. The van der Waals surface area contributed by atoms with Crippen LogP contribution < -0.4 is 5.32 Å². The van der Waals surface area contributed by atoms with Crippen LogP contribution >= 0.6 is 11.3 Å². The molecule has 2 aliphatic rings. The Hall–Kier alpha value is -2.13. The molecule has 3 heteroatoms. The van der Waals surface area contributed by atoms with E-state index in [1.807, 2.05) is 6.07 Å². The Kier molecular flexibility index (Phi) is 3.89. The fourth-order valence-electron chi connectivity index (χ4n) is 3.93. The number of benzene rings is 1. The third-order valence-corrected chi connectivity index (χ3v) is 6.27. The Balaban J connectivity index is 1.77. The van der Waals surface area contributed by atoms with Gasteiger partial charge >= 0.3 is 0 Å². The second kappa shape index (κ2) is 6.06. The van der Waals surface area contributed by atoms with Crippen LogP contribution in [0.2, 0.25) is 0 Å². The van der Waals surface area contributed by atoms with E-state index in [0.29, 0.717) is 18.1 Å². The van der Waals surface area contributed by atoms with Crippen LogP contribution in [0.4, 0.5) is 0 Å². The molecular weight excluding hydrogens is 314 g/mol. The molecule has 2 nitrogen and oxygen atoms in total. The van der Waals surface area contributed by atoms with Crippen molar-refractivity contribution in [3.8, 4) is 0 Å². The van der Waals surface area contributed by atoms with Gasteiger partial charge in [-0.2, -0.15) is 0 Å². The Labute approximate surface area is 146 Å². The minimum Gasteiger partial charge on any atom is -0.362 e. The van der Waals surface area contributed by atoms with Crippen molar-refractivity contribution in [2.45, 2.75) is 38.5 Å². The average molecular weight is 335 g/mol. The number of hydrogen-bond acceptors (Lipinski definition) is 3. The van der Waals surface area contributed by atoms with Crippen LogP contribution in [0.15, 0.2) is 70.4 Å². The van der Waals surface area contributed by atoms with Gasteiger partial charge in [-0.05, 0) is 42.9 Å². The molecule has 1 aliphatic heterocycles. The molecule has 4 rings (SSSR count). The van der Waals surface area contributed by atoms with Crippen molar-refractivity contribution in [2.24, 2.45) is 0 Å². The van der Waals surface area contributed by atoms with Crippen molar-refractivity contribution in [1.29, 1.82) is 0 Å². The second-order valence-electron chi connectivity index (χ2n) is 6.71. The first-order valence-electron chi connectivity index (χ1n) is 8.44. The van der Waals surface area contributed by atoms with E-state index in [1.54, 1.807) is 11.3 Å². The highest BCUT2D eigenvalue weighted by Crippen LogP contribution is 2.45. The van der Waals surface area contributed by atoms with Gasteiger partial charge in [0.2, 0.25) is 0 Å². The van der Waals surface area contributed by atoms with Gasteiger partial charge in [0.25, 0.3) is 0 Å². The number of hydrogen-bond donors (Lipinski definition) is 1. The molecule has 0 radical (unpaired) electrons. The normalized spacial score (nSPS) is 24.0. The van der Waals surface area contributed by atoms with Gasteiger partial charge in [0, 0.05) is 40.1 Å². The lowest BCUT2D eigenvalue weighted by atomic mass is 9.73. The topological polar surface area (TPSA) is 29.1 Å². The maximum Gasteiger partial charge on any atom is 0.162 e. The molecule has 2 atom stereocenters. The first-order chi connectivity index (χ1) is 11.6. The quantitative estimate of drug-likeness (QED) is 0.824. The van der Waals surface area contributed by atoms with Gasteiger partial charge in [-0.1, -0.05) is 36.4 Å². The van der Waals surface area contributed by atoms with Crippen LogP contribution in [0, 0.1) is 0 Å². The van der Waals surface area contributed by atoms with Gasteiger partial charge in [0.05, 0.1) is 0 Å². The molecule has 24 heavy (non-hydrogen) atoms. The van der Waals surface area contributed by atoms with Crippen molar-refractivity contribution in [3.05, 3.63) is 80.8 Å². The van der Waals surface area contributed by atoms with Crippen molar-refractivity contribution in [3.63, 3.8) is 0 Å². The molecule has 0 fully saturated rings. The monoisotopic (exact) mass is 335 g/mol. The predicted octanol–water partition coefficient (Wildman–Crippen LogP) is 5.13. The Morgan fingerprint density at radius 1 is 1.04 bits per heavy atom. The van der Waals surface area contributed by atoms with Crippen LogP contribution in [0.25, 0.3) is 0 Å². The number of dihydropyridines is 1. The van der Waals surface area contributed by atoms with E-state index in [0.717, 1.165) is 17.7 Å². The third-order valence-electron chi connectivity index (χ3n) is 5.24. The maximum atomic E-state index is 13.1. The van der Waals surface area contributed by atoms with E-state index >= 15 is 0 Å². The lowest BCUT2D eigenvalue weighted by molar-refractivity contribution is -0.116. The van der Waals surface area contributed by atoms with E-state index in [4.69, 9.17) is 0 Å². The fraction of sp³-hybridized carbons (Fsp3) is 0.286. The number of ketones is 1. The number of Topliss-reactive ketones (excluding diaryl/α,β-unsaturated/α-hetero) is 1. The minimum absolute atomic E-state index is 0.0965. The number of rotatable bonds is 2. The molecule has 0 spiro atoms. The summed E-state index contributed by atoms with van der Waals surface area (Å²) in [5, 5.41) is 5.63. The van der Waals surface area contributed by atoms with E-state index in [1.165, 1.54) is 21.7 Å². The number of nitrogens with one attached hydrogen (secondary N) is 1. The van der Waals surface area contributed by atoms with Gasteiger partial charge < -0.3 is 5.32 Å². The van der Waals surface area contributed by atoms with Gasteiger partial charge in [0.1, 0.15) is 0 Å². The molecule has 0 amide bonds. The molecule has 0 bridgehead atoms. The van der Waals surface area contributed by atoms with Crippen molar-refractivity contribution in [2.75, 3.05) is 0 Å². The van der Waals surface area contributed by atoms with E-state index in [9.17, 15) is 4.79 Å². The summed E-state index contributed by atoms with van der Waals surface area (Å²) in [7, 11) is 0. The first kappa shape index (κ1) is 15.4. The molecule has 0 saturated heterocycles. The van der Waals surface area contributed by atoms with Crippen LogP contribution in [-0.2, 0) is 4.79 Å². The van der Waals surface area contributed by atoms with E-state index in [-0.39, 0.29) is 5.92 Å². The Morgan fingerprint density at radius 2 is 1.83 bits per heavy atom. The standard InChI is InChI=1S/C21H21NOS/c1-13-14(2)22-17-11-16(19-9-6-10-24-19)12-18(23)21(17)20(13)15-7-4-3-5-8-15/h3-10,16,20,22H,11-12H2,1-2H3. The zero-order chi connectivity index (χ0) is 16.7. The molecule has 0 saturated carbocycles. The van der Waals surface area contributed by atoms with Gasteiger partial charge in [-0.3, -0.25) is 4.79 Å². The SMILES string of the molecule is CC1=C(C)C(c2ccccc2)C2=C(CC(c3cccs3)CC2=O)N1. The molecule has 1 N–H and O–H groups in total. The van der Waals surface area contributed by atoms with Crippen LogP contribution in [-0.4, -0.2) is 5.78 Å². The predicted molar refractivity (Wildman–Crippen MR) is 99.0 cm³/mol. The summed E-state index contributed by atoms with van der Waals surface area (Å²) in [6.45, 7) is 4.26. The Bertz CT molecular complexity index is 830. The highest BCUT2D eigenvalue weighted by molar-refractivity contribution is 7.10. The number of carbonyl (C=O) groups is 1. The molecule has 2 unspecified atom stereocenters. The first-order valence-corrected chi connectivity index (χ1v) is 9.32. The highest BCUT2D eigenvalue weighted by atomic mass is 32.1. The van der Waals surface area contributed by atoms with Crippen molar-refractivity contribution in [1.82, 2.24) is 5.32 Å². The number of carbonyl (C=O) groups excluding carboxylic acids is 1. The summed E-state index contributed by atoms with van der Waals surface area (Å²) in [4.78, 5) is 14.4. The molecular formula is C21H21NOS. The van der Waals surface area contributed by atoms with Gasteiger partial charge in [-0.25, -0.2) is 0 Å². The lowest BCUT2D eigenvalue weighted by Gasteiger charge is -2.36. The van der Waals surface area contributed by atoms with E-state index in [2.05, 4.69) is 60.9 Å². The summed E-state index contributed by atoms with van der Waals surface area (Å²) in [5.74, 6) is 0.702. The molecule has 1 aromatic heterocycles. The van der Waals surface area contributed by atoms with E-state index < -0.39 is 0 Å². The van der Waals surface area contributed by atoms with Gasteiger partial charge in [-0.15, -0.1) is 11.3 Å². The molecule has 1 aromatic carbocycles. The summed E-state index contributed by atoms with van der Waals surface area (Å²) in [6.07, 6.45) is 1.55. The summed E-state index contributed by atoms with van der Waals surface area (Å²) in [6, 6.07) is 14.6. The summed E-state index contributed by atoms with van der Waals surface area (Å²) >= 11 is 1.75. The van der Waals surface area contributed by atoms with Crippen LogP contribution in [0.3, 0.4) is 0 Å². The van der Waals surface area contributed by atoms with Crippen LogP contribution in [0.5, 0.6) is 0 Å². The molecule has 2 heterocycles. The second-order valence-corrected chi connectivity index (χ2v) is 7.69. The summed E-state index contributed by atoms with van der Waals surface area (Å²) in [5.41, 5.74) is 5.76. The smallest absolute Gasteiger partial charge is 0.162 e. The number of allylic oxidation sites excluding steroid dienone is 4. The molecule has 1 aliphatic carbocycles. The van der Waals surface area contributed by atoms with Crippen molar-refractivity contribution >= 4 is 17.1 Å². The fourth-order valence-corrected chi connectivity index (χ4v) is 4.76. The highest BCUT2D eigenvalue weighted by Gasteiger charge is 2.37. The zero-order valence-electron chi connectivity index (χ0n) is 14.0. The maximum absolute atomic E-state index is 13.1. The largest absolute Gasteiger partial charge is 0.362 e. The zero-order valence-corrected chi connectivity index (χ0v) is 14.8. The van der Waals surface area contributed by atoms with Crippen molar-refractivity contribution < 1.29 is 4.79 Å².